The third kappa shape index (κ3) is 4.73. The molecule has 0 aromatic heterocycles. The average Bonchev–Trinajstić information content (AvgIpc) is 2.63. The van der Waals surface area contributed by atoms with E-state index < -0.39 is 0 Å². The molecule has 2 heterocycles. The summed E-state index contributed by atoms with van der Waals surface area (Å²) in [6, 6.07) is 1.43. The highest BCUT2D eigenvalue weighted by Crippen LogP contribution is 2.29. The quantitative estimate of drug-likeness (QED) is 0.848. The van der Waals surface area contributed by atoms with Crippen molar-refractivity contribution in [2.75, 3.05) is 32.8 Å². The van der Waals surface area contributed by atoms with Crippen molar-refractivity contribution in [1.29, 1.82) is 0 Å². The van der Waals surface area contributed by atoms with Gasteiger partial charge in [-0.25, -0.2) is 0 Å². The molecule has 3 nitrogen and oxygen atoms in total. The molecule has 0 bridgehead atoms. The molecule has 0 spiro atoms. The van der Waals surface area contributed by atoms with Crippen LogP contribution in [0.4, 0.5) is 0 Å². The average molecular weight is 268 g/mol. The fraction of sp³-hybridized carbons (Fsp3) is 1.00. The van der Waals surface area contributed by atoms with Crippen LogP contribution in [-0.2, 0) is 4.74 Å². The van der Waals surface area contributed by atoms with Gasteiger partial charge in [-0.1, -0.05) is 6.92 Å². The van der Waals surface area contributed by atoms with E-state index in [0.717, 1.165) is 19.3 Å². The summed E-state index contributed by atoms with van der Waals surface area (Å²) in [5.74, 6) is 0. The van der Waals surface area contributed by atoms with Crippen LogP contribution in [-0.4, -0.2) is 49.8 Å². The normalized spacial score (nSPS) is 29.4. The third-order valence-electron chi connectivity index (χ3n) is 5.01. The second kappa shape index (κ2) is 7.05. The Morgan fingerprint density at radius 3 is 2.63 bits per heavy atom. The predicted molar refractivity (Wildman–Crippen MR) is 80.5 cm³/mol. The molecule has 0 aromatic rings. The highest BCUT2D eigenvalue weighted by molar-refractivity contribution is 4.83. The maximum Gasteiger partial charge on any atom is 0.0471 e. The molecule has 0 amide bonds. The summed E-state index contributed by atoms with van der Waals surface area (Å²) >= 11 is 0. The lowest BCUT2D eigenvalue weighted by Crippen LogP contribution is -2.41. The standard InChI is InChI=1S/C16H32N2O/c1-14(2)18-9-4-5-15(6-10-18)17-13-16(3)7-11-19-12-8-16/h14-15,17H,4-13H2,1-3H3. The van der Waals surface area contributed by atoms with E-state index in [0.29, 0.717) is 11.5 Å². The first-order valence-electron chi connectivity index (χ1n) is 8.14. The van der Waals surface area contributed by atoms with E-state index in [4.69, 9.17) is 4.74 Å². The van der Waals surface area contributed by atoms with Crippen molar-refractivity contribution >= 4 is 0 Å². The lowest BCUT2D eigenvalue weighted by molar-refractivity contribution is 0.0226. The third-order valence-corrected chi connectivity index (χ3v) is 5.01. The van der Waals surface area contributed by atoms with Gasteiger partial charge in [0.1, 0.15) is 0 Å². The molecule has 2 aliphatic rings. The molecular formula is C16H32N2O. The predicted octanol–water partition coefficient (Wildman–Crippen LogP) is 2.66. The Labute approximate surface area is 119 Å². The molecule has 1 N–H and O–H groups in total. The zero-order valence-corrected chi connectivity index (χ0v) is 13.1. The highest BCUT2D eigenvalue weighted by atomic mass is 16.5. The molecule has 19 heavy (non-hydrogen) atoms. The van der Waals surface area contributed by atoms with Crippen molar-refractivity contribution < 1.29 is 4.74 Å². The Balaban J connectivity index is 1.73. The molecule has 2 fully saturated rings. The van der Waals surface area contributed by atoms with E-state index in [1.165, 1.54) is 51.7 Å². The van der Waals surface area contributed by atoms with Crippen LogP contribution in [0.1, 0.15) is 52.9 Å². The first-order chi connectivity index (χ1) is 9.09. The number of nitrogens with zero attached hydrogens (tertiary/aromatic N) is 1. The smallest absolute Gasteiger partial charge is 0.0471 e. The fourth-order valence-electron chi connectivity index (χ4n) is 3.27. The number of ether oxygens (including phenoxy) is 1. The molecule has 2 saturated heterocycles. The largest absolute Gasteiger partial charge is 0.381 e. The molecule has 1 atom stereocenters. The number of hydrogen-bond acceptors (Lipinski definition) is 3. The summed E-state index contributed by atoms with van der Waals surface area (Å²) < 4.78 is 5.48. The Hall–Kier alpha value is -0.120. The van der Waals surface area contributed by atoms with Crippen LogP contribution in [0.2, 0.25) is 0 Å². The highest BCUT2D eigenvalue weighted by Gasteiger charge is 2.28. The van der Waals surface area contributed by atoms with E-state index in [1.807, 2.05) is 0 Å². The van der Waals surface area contributed by atoms with E-state index in [-0.39, 0.29) is 0 Å². The Morgan fingerprint density at radius 1 is 1.21 bits per heavy atom. The lowest BCUT2D eigenvalue weighted by Gasteiger charge is -2.35. The van der Waals surface area contributed by atoms with Crippen LogP contribution in [0, 0.1) is 5.41 Å². The molecule has 1 unspecified atom stereocenters. The minimum Gasteiger partial charge on any atom is -0.381 e. The van der Waals surface area contributed by atoms with Crippen molar-refractivity contribution in [2.24, 2.45) is 5.41 Å². The minimum absolute atomic E-state index is 0.461. The van der Waals surface area contributed by atoms with Gasteiger partial charge in [-0.05, 0) is 64.5 Å². The van der Waals surface area contributed by atoms with Gasteiger partial charge in [0, 0.05) is 31.8 Å². The van der Waals surface area contributed by atoms with Gasteiger partial charge in [-0.15, -0.1) is 0 Å². The summed E-state index contributed by atoms with van der Waals surface area (Å²) in [6.07, 6.45) is 6.42. The first-order valence-corrected chi connectivity index (χ1v) is 8.14. The number of nitrogens with one attached hydrogen (secondary N) is 1. The zero-order valence-electron chi connectivity index (χ0n) is 13.1. The van der Waals surface area contributed by atoms with Crippen LogP contribution in [0.3, 0.4) is 0 Å². The van der Waals surface area contributed by atoms with E-state index >= 15 is 0 Å². The van der Waals surface area contributed by atoms with Crippen LogP contribution < -0.4 is 5.32 Å². The lowest BCUT2D eigenvalue weighted by atomic mass is 9.82. The van der Waals surface area contributed by atoms with Crippen LogP contribution in [0.5, 0.6) is 0 Å². The van der Waals surface area contributed by atoms with Gasteiger partial charge in [-0.2, -0.15) is 0 Å². The van der Waals surface area contributed by atoms with Gasteiger partial charge in [-0.3, -0.25) is 0 Å². The molecule has 3 heteroatoms. The zero-order chi connectivity index (χ0) is 13.7. The first kappa shape index (κ1) is 15.3. The second-order valence-electron chi connectivity index (χ2n) is 7.06. The molecule has 112 valence electrons. The Bertz CT molecular complexity index is 261. The number of likely N-dealkylation sites (tertiary alicyclic amines) is 1. The van der Waals surface area contributed by atoms with Crippen molar-refractivity contribution in [3.8, 4) is 0 Å². The topological polar surface area (TPSA) is 24.5 Å². The molecule has 2 rings (SSSR count). The Morgan fingerprint density at radius 2 is 1.95 bits per heavy atom. The van der Waals surface area contributed by atoms with Crippen molar-refractivity contribution in [3.05, 3.63) is 0 Å². The molecule has 2 aliphatic heterocycles. The van der Waals surface area contributed by atoms with Gasteiger partial charge in [0.25, 0.3) is 0 Å². The number of rotatable bonds is 4. The van der Waals surface area contributed by atoms with Crippen LogP contribution >= 0.6 is 0 Å². The summed E-state index contributed by atoms with van der Waals surface area (Å²) in [4.78, 5) is 2.62. The van der Waals surface area contributed by atoms with Gasteiger partial charge in [0.05, 0.1) is 0 Å². The van der Waals surface area contributed by atoms with E-state index in [2.05, 4.69) is 31.0 Å². The molecule has 0 aliphatic carbocycles. The summed E-state index contributed by atoms with van der Waals surface area (Å²) in [5.41, 5.74) is 0.461. The van der Waals surface area contributed by atoms with Crippen molar-refractivity contribution in [1.82, 2.24) is 10.2 Å². The van der Waals surface area contributed by atoms with Gasteiger partial charge in [0.15, 0.2) is 0 Å². The minimum atomic E-state index is 0.461. The van der Waals surface area contributed by atoms with Crippen molar-refractivity contribution in [3.63, 3.8) is 0 Å². The van der Waals surface area contributed by atoms with E-state index in [9.17, 15) is 0 Å². The summed E-state index contributed by atoms with van der Waals surface area (Å²) in [7, 11) is 0. The SMILES string of the molecule is CC(C)N1CCCC(NCC2(C)CCOCC2)CC1. The Kier molecular flexibility index (Phi) is 5.67. The van der Waals surface area contributed by atoms with Crippen LogP contribution in [0.25, 0.3) is 0 Å². The fourth-order valence-corrected chi connectivity index (χ4v) is 3.27. The summed E-state index contributed by atoms with van der Waals surface area (Å²) in [5, 5.41) is 3.85. The van der Waals surface area contributed by atoms with Gasteiger partial charge in [0.2, 0.25) is 0 Å². The van der Waals surface area contributed by atoms with Gasteiger partial charge >= 0.3 is 0 Å². The monoisotopic (exact) mass is 268 g/mol. The molecule has 0 radical (unpaired) electrons. The van der Waals surface area contributed by atoms with Crippen molar-refractivity contribution in [2.45, 2.75) is 65.0 Å². The molecule has 0 aromatic carbocycles. The van der Waals surface area contributed by atoms with Gasteiger partial charge < -0.3 is 15.0 Å². The summed E-state index contributed by atoms with van der Waals surface area (Å²) in [6.45, 7) is 12.7. The van der Waals surface area contributed by atoms with E-state index in [1.54, 1.807) is 0 Å². The maximum absolute atomic E-state index is 5.48. The van der Waals surface area contributed by atoms with Crippen LogP contribution in [0.15, 0.2) is 0 Å². The molecular weight excluding hydrogens is 236 g/mol. The number of hydrogen-bond donors (Lipinski definition) is 1. The maximum atomic E-state index is 5.48. The molecule has 0 saturated carbocycles. The second-order valence-corrected chi connectivity index (χ2v) is 7.06.